The highest BCUT2D eigenvalue weighted by molar-refractivity contribution is 7.98. The highest BCUT2D eigenvalue weighted by Gasteiger charge is 2.26. The molecule has 0 atom stereocenters. The summed E-state index contributed by atoms with van der Waals surface area (Å²) in [5.41, 5.74) is 2.95. The van der Waals surface area contributed by atoms with E-state index in [4.69, 9.17) is 0 Å². The first-order valence-corrected chi connectivity index (χ1v) is 9.73. The SMILES string of the molecule is Cc1cc(C)cc(CSc2cccc(S(C)(=O)=O)c2[N+](=O)[O-])c1. The number of para-hydroxylation sites is 1. The zero-order valence-corrected chi connectivity index (χ0v) is 14.7. The minimum Gasteiger partial charge on any atom is -0.258 e. The topological polar surface area (TPSA) is 77.3 Å². The zero-order chi connectivity index (χ0) is 17.2. The maximum Gasteiger partial charge on any atom is 0.301 e. The fraction of sp³-hybridized carbons (Fsp3) is 0.250. The molecule has 0 fully saturated rings. The van der Waals surface area contributed by atoms with Crippen LogP contribution in [0.2, 0.25) is 0 Å². The van der Waals surface area contributed by atoms with Crippen molar-refractivity contribution in [2.75, 3.05) is 6.26 Å². The van der Waals surface area contributed by atoms with Gasteiger partial charge >= 0.3 is 5.69 Å². The quantitative estimate of drug-likeness (QED) is 0.464. The molecule has 0 saturated heterocycles. The van der Waals surface area contributed by atoms with Gasteiger partial charge in [-0.05, 0) is 31.5 Å². The van der Waals surface area contributed by atoms with Crippen molar-refractivity contribution >= 4 is 27.3 Å². The lowest BCUT2D eigenvalue weighted by Crippen LogP contribution is -2.03. The lowest BCUT2D eigenvalue weighted by atomic mass is 10.1. The van der Waals surface area contributed by atoms with E-state index >= 15 is 0 Å². The number of hydrogen-bond donors (Lipinski definition) is 0. The Morgan fingerprint density at radius 1 is 1.13 bits per heavy atom. The van der Waals surface area contributed by atoms with Gasteiger partial charge in [0.05, 0.1) is 9.82 Å². The summed E-state index contributed by atoms with van der Waals surface area (Å²) in [7, 11) is -3.65. The average molecular weight is 351 g/mol. The smallest absolute Gasteiger partial charge is 0.258 e. The molecule has 2 aromatic carbocycles. The maximum atomic E-state index is 11.8. The van der Waals surface area contributed by atoms with Gasteiger partial charge in [-0.15, -0.1) is 11.8 Å². The van der Waals surface area contributed by atoms with Crippen molar-refractivity contribution in [3.63, 3.8) is 0 Å². The van der Waals surface area contributed by atoms with Crippen molar-refractivity contribution in [2.24, 2.45) is 0 Å². The summed E-state index contributed by atoms with van der Waals surface area (Å²) in [6.45, 7) is 3.99. The normalized spacial score (nSPS) is 11.4. The monoisotopic (exact) mass is 351 g/mol. The number of rotatable bonds is 5. The van der Waals surface area contributed by atoms with Crippen molar-refractivity contribution in [3.8, 4) is 0 Å². The molecule has 2 rings (SSSR count). The molecule has 0 aliphatic carbocycles. The molecule has 0 saturated carbocycles. The second kappa shape index (κ2) is 6.72. The minimum absolute atomic E-state index is 0.243. The molecular formula is C16H17NO4S2. The molecule has 0 heterocycles. The van der Waals surface area contributed by atoms with Crippen LogP contribution in [-0.2, 0) is 15.6 Å². The summed E-state index contributed by atoms with van der Waals surface area (Å²) >= 11 is 1.27. The number of nitro benzene ring substituents is 1. The molecule has 0 aliphatic rings. The third kappa shape index (κ3) is 4.33. The predicted molar refractivity (Wildman–Crippen MR) is 91.7 cm³/mol. The summed E-state index contributed by atoms with van der Waals surface area (Å²) in [6, 6.07) is 10.5. The van der Waals surface area contributed by atoms with Crippen LogP contribution in [0.5, 0.6) is 0 Å². The largest absolute Gasteiger partial charge is 0.301 e. The molecule has 0 N–H and O–H groups in total. The van der Waals surface area contributed by atoms with E-state index in [9.17, 15) is 18.5 Å². The second-order valence-electron chi connectivity index (χ2n) is 5.42. The Labute approximate surface area is 139 Å². The minimum atomic E-state index is -3.65. The van der Waals surface area contributed by atoms with E-state index in [0.717, 1.165) is 22.9 Å². The Morgan fingerprint density at radius 3 is 2.26 bits per heavy atom. The Morgan fingerprint density at radius 2 is 1.74 bits per heavy atom. The van der Waals surface area contributed by atoms with E-state index in [2.05, 4.69) is 6.07 Å². The van der Waals surface area contributed by atoms with Gasteiger partial charge in [0.15, 0.2) is 9.84 Å². The molecule has 5 nitrogen and oxygen atoms in total. The fourth-order valence-corrected chi connectivity index (χ4v) is 4.32. The third-order valence-corrected chi connectivity index (χ3v) is 5.47. The van der Waals surface area contributed by atoms with Gasteiger partial charge in [-0.1, -0.05) is 35.4 Å². The van der Waals surface area contributed by atoms with Gasteiger partial charge in [0.1, 0.15) is 4.90 Å². The molecule has 0 radical (unpaired) electrons. The van der Waals surface area contributed by atoms with Crippen molar-refractivity contribution in [2.45, 2.75) is 29.4 Å². The van der Waals surface area contributed by atoms with E-state index in [1.54, 1.807) is 6.07 Å². The second-order valence-corrected chi connectivity index (χ2v) is 8.42. The lowest BCUT2D eigenvalue weighted by molar-refractivity contribution is -0.390. The van der Waals surface area contributed by atoms with E-state index in [-0.39, 0.29) is 10.6 Å². The Balaban J connectivity index is 2.38. The summed E-state index contributed by atoms with van der Waals surface area (Å²) in [6.07, 6.45) is 0.980. The molecule has 122 valence electrons. The molecule has 7 heteroatoms. The first-order chi connectivity index (χ1) is 10.7. The predicted octanol–water partition coefficient (Wildman–Crippen LogP) is 3.91. The molecule has 0 unspecified atom stereocenters. The molecule has 23 heavy (non-hydrogen) atoms. The van der Waals surface area contributed by atoms with Crippen molar-refractivity contribution < 1.29 is 13.3 Å². The van der Waals surface area contributed by atoms with Gasteiger partial charge in [0.25, 0.3) is 0 Å². The van der Waals surface area contributed by atoms with Crippen molar-refractivity contribution in [3.05, 3.63) is 63.2 Å². The van der Waals surface area contributed by atoms with E-state index < -0.39 is 14.8 Å². The van der Waals surface area contributed by atoms with Crippen molar-refractivity contribution in [1.82, 2.24) is 0 Å². The number of sulfone groups is 1. The summed E-state index contributed by atoms with van der Waals surface area (Å²) in [5.74, 6) is 0.538. The van der Waals surface area contributed by atoms with Crippen molar-refractivity contribution in [1.29, 1.82) is 0 Å². The van der Waals surface area contributed by atoms with E-state index in [1.807, 2.05) is 26.0 Å². The lowest BCUT2D eigenvalue weighted by Gasteiger charge is -2.08. The first-order valence-electron chi connectivity index (χ1n) is 6.86. The van der Waals surface area contributed by atoms with Crippen LogP contribution in [-0.4, -0.2) is 19.6 Å². The van der Waals surface area contributed by atoms with E-state index in [1.165, 1.54) is 23.9 Å². The maximum absolute atomic E-state index is 11.8. The van der Waals surface area contributed by atoms with Gasteiger partial charge in [-0.2, -0.15) is 0 Å². The first kappa shape index (κ1) is 17.5. The summed E-state index contributed by atoms with van der Waals surface area (Å²) in [4.78, 5) is 10.8. The van der Waals surface area contributed by atoms with Gasteiger partial charge in [0.2, 0.25) is 0 Å². The number of nitro groups is 1. The van der Waals surface area contributed by atoms with Gasteiger partial charge in [-0.25, -0.2) is 8.42 Å². The molecule has 0 aromatic heterocycles. The number of aryl methyl sites for hydroxylation is 2. The average Bonchev–Trinajstić information content (AvgIpc) is 2.42. The number of benzene rings is 2. The highest BCUT2D eigenvalue weighted by Crippen LogP contribution is 2.36. The summed E-state index contributed by atoms with van der Waals surface area (Å²) < 4.78 is 23.5. The van der Waals surface area contributed by atoms with Crippen LogP contribution >= 0.6 is 11.8 Å². The number of hydrogen-bond acceptors (Lipinski definition) is 5. The third-order valence-electron chi connectivity index (χ3n) is 3.22. The van der Waals surface area contributed by atoms with Crippen LogP contribution in [0.15, 0.2) is 46.2 Å². The fourth-order valence-electron chi connectivity index (χ4n) is 2.41. The van der Waals surface area contributed by atoms with Crippen LogP contribution in [0.1, 0.15) is 16.7 Å². The van der Waals surface area contributed by atoms with Crippen LogP contribution in [0.3, 0.4) is 0 Å². The van der Waals surface area contributed by atoms with Crippen LogP contribution < -0.4 is 0 Å². The standard InChI is InChI=1S/C16H17NO4S2/c1-11-7-12(2)9-13(8-11)10-22-14-5-4-6-15(23(3,20)21)16(14)17(18)19/h4-9H,10H2,1-3H3. The highest BCUT2D eigenvalue weighted by atomic mass is 32.2. The molecule has 0 amide bonds. The Bertz CT molecular complexity index is 840. The van der Waals surface area contributed by atoms with Gasteiger partial charge in [0, 0.05) is 12.0 Å². The van der Waals surface area contributed by atoms with Crippen LogP contribution in [0, 0.1) is 24.0 Å². The van der Waals surface area contributed by atoms with Gasteiger partial charge in [-0.3, -0.25) is 10.1 Å². The Hall–Kier alpha value is -1.86. The Kier molecular flexibility index (Phi) is 5.11. The molecule has 2 aromatic rings. The number of thioether (sulfide) groups is 1. The van der Waals surface area contributed by atoms with Gasteiger partial charge < -0.3 is 0 Å². The van der Waals surface area contributed by atoms with Crippen LogP contribution in [0.25, 0.3) is 0 Å². The summed E-state index contributed by atoms with van der Waals surface area (Å²) in [5, 5.41) is 11.3. The van der Waals surface area contributed by atoms with E-state index in [0.29, 0.717) is 10.6 Å². The molecule has 0 spiro atoms. The van der Waals surface area contributed by atoms with Crippen LogP contribution in [0.4, 0.5) is 5.69 Å². The molecule has 0 aliphatic heterocycles. The molecular weight excluding hydrogens is 334 g/mol. The number of nitrogens with zero attached hydrogens (tertiary/aromatic N) is 1. The zero-order valence-electron chi connectivity index (χ0n) is 13.1. The molecule has 0 bridgehead atoms.